The molecule has 2 bridgehead atoms. The monoisotopic (exact) mass is 542 g/mol. The lowest BCUT2D eigenvalue weighted by Crippen LogP contribution is -2.53. The van der Waals surface area contributed by atoms with Gasteiger partial charge in [0.25, 0.3) is 5.91 Å². The lowest BCUT2D eigenvalue weighted by Gasteiger charge is -2.44. The number of hydrogen-bond acceptors (Lipinski definition) is 5. The topological polar surface area (TPSA) is 72.8 Å². The number of fused-ring (bicyclic) bond motifs is 2. The van der Waals surface area contributed by atoms with Crippen molar-refractivity contribution in [2.45, 2.75) is 54.5 Å². The van der Waals surface area contributed by atoms with Crippen LogP contribution in [-0.2, 0) is 0 Å². The number of nitrogens with zero attached hydrogens (tertiary/aromatic N) is 1. The highest BCUT2D eigenvalue weighted by molar-refractivity contribution is 8.00. The maximum atomic E-state index is 13.5. The zero-order valence-corrected chi connectivity index (χ0v) is 21.7. The van der Waals surface area contributed by atoms with Crippen LogP contribution < -0.4 is 5.32 Å². The smallest absolute Gasteiger partial charge is 0.255 e. The van der Waals surface area contributed by atoms with Crippen molar-refractivity contribution in [3.05, 3.63) is 58.4 Å². The van der Waals surface area contributed by atoms with Crippen molar-refractivity contribution in [2.75, 3.05) is 25.5 Å². The summed E-state index contributed by atoms with van der Waals surface area (Å²) < 4.78 is 40.2. The van der Waals surface area contributed by atoms with Crippen LogP contribution in [0.2, 0.25) is 5.02 Å². The molecule has 5 atom stereocenters. The number of benzene rings is 2. The van der Waals surface area contributed by atoms with Gasteiger partial charge in [0.05, 0.1) is 16.7 Å². The fourth-order valence-corrected chi connectivity index (χ4v) is 7.30. The van der Waals surface area contributed by atoms with Crippen LogP contribution in [0, 0.1) is 29.3 Å². The third-order valence-corrected chi connectivity index (χ3v) is 8.95. The second-order valence-corrected chi connectivity index (χ2v) is 11.8. The van der Waals surface area contributed by atoms with E-state index >= 15 is 0 Å². The van der Waals surface area contributed by atoms with E-state index in [2.05, 4.69) is 5.32 Å². The van der Waals surface area contributed by atoms with Crippen molar-refractivity contribution >= 4 is 35.0 Å². The molecule has 36 heavy (non-hydrogen) atoms. The first-order valence-electron chi connectivity index (χ1n) is 12.0. The molecule has 3 N–H and O–H groups in total. The molecule has 0 saturated heterocycles. The molecule has 0 spiro atoms. The summed E-state index contributed by atoms with van der Waals surface area (Å²) in [5.41, 5.74) is -0.724. The van der Waals surface area contributed by atoms with Crippen molar-refractivity contribution in [2.24, 2.45) is 11.8 Å². The molecule has 2 aliphatic carbocycles. The second-order valence-electron chi connectivity index (χ2n) is 10.1. The molecule has 5 nitrogen and oxygen atoms in total. The normalized spacial score (nSPS) is 26.3. The summed E-state index contributed by atoms with van der Waals surface area (Å²) in [5.74, 6) is -4.69. The Labute approximate surface area is 218 Å². The standard InChI is InChI=1S/C26H30ClF3N2O3S/c1-14(33)12-32(2)13-26(35)16-4-5-17(26)9-19(8-16)36-23-7-15(3-6-20(23)27)25(34)31-18-10-21(28)24(30)22(29)11-18/h3,6-7,10-11,14,16-17,19,33,35H,4-5,8-9,12-13H2,1-2H3,(H,31,34)/t14?,16-,17?,19-,26-/m0/s1. The van der Waals surface area contributed by atoms with Gasteiger partial charge in [-0.15, -0.1) is 11.8 Å². The molecule has 2 aromatic carbocycles. The maximum Gasteiger partial charge on any atom is 0.255 e. The average Bonchev–Trinajstić information content (AvgIpc) is 2.95. The van der Waals surface area contributed by atoms with Gasteiger partial charge in [-0.25, -0.2) is 13.2 Å². The number of nitrogens with one attached hydrogen (secondary N) is 1. The number of likely N-dealkylation sites (N-methyl/N-ethyl adjacent to an activating group) is 1. The van der Waals surface area contributed by atoms with Crippen molar-refractivity contribution in [3.63, 3.8) is 0 Å². The summed E-state index contributed by atoms with van der Waals surface area (Å²) in [6.07, 6.45) is 3.04. The number of rotatable bonds is 8. The first kappa shape index (κ1) is 27.3. The predicted octanol–water partition coefficient (Wildman–Crippen LogP) is 5.33. The van der Waals surface area contributed by atoms with Gasteiger partial charge < -0.3 is 20.4 Å². The Hall–Kier alpha value is -1.78. The zero-order valence-electron chi connectivity index (χ0n) is 20.1. The van der Waals surface area contributed by atoms with Crippen LogP contribution >= 0.6 is 23.4 Å². The summed E-state index contributed by atoms with van der Waals surface area (Å²) in [5, 5.41) is 24.3. The van der Waals surface area contributed by atoms with E-state index in [1.807, 2.05) is 11.9 Å². The SMILES string of the molecule is CC(O)CN(C)C[C@@]1(O)C2CC[C@H]1C[C@H](Sc1cc(C(=O)Nc3cc(F)c(F)c(F)c3)ccc1Cl)C2. The lowest BCUT2D eigenvalue weighted by molar-refractivity contribution is -0.0794. The van der Waals surface area contributed by atoms with E-state index in [1.165, 1.54) is 6.07 Å². The number of thioether (sulfide) groups is 1. The van der Waals surface area contributed by atoms with Crippen LogP contribution in [0.1, 0.15) is 43.0 Å². The first-order valence-corrected chi connectivity index (χ1v) is 13.2. The number of anilines is 1. The van der Waals surface area contributed by atoms with Crippen LogP contribution in [0.5, 0.6) is 0 Å². The van der Waals surface area contributed by atoms with E-state index in [9.17, 15) is 28.2 Å². The molecular weight excluding hydrogens is 513 g/mol. The van der Waals surface area contributed by atoms with Crippen LogP contribution in [-0.4, -0.2) is 58.1 Å². The van der Waals surface area contributed by atoms with Crippen LogP contribution in [0.3, 0.4) is 0 Å². The van der Waals surface area contributed by atoms with Gasteiger partial charge in [0.2, 0.25) is 0 Å². The zero-order chi connectivity index (χ0) is 26.2. The van der Waals surface area contributed by atoms with E-state index in [0.717, 1.165) is 37.8 Å². The van der Waals surface area contributed by atoms with Gasteiger partial charge in [0.15, 0.2) is 17.5 Å². The van der Waals surface area contributed by atoms with Gasteiger partial charge in [0, 0.05) is 46.6 Å². The molecule has 2 unspecified atom stereocenters. The average molecular weight is 543 g/mol. The predicted molar refractivity (Wildman–Crippen MR) is 135 cm³/mol. The molecule has 0 aliphatic heterocycles. The van der Waals surface area contributed by atoms with Gasteiger partial charge in [-0.3, -0.25) is 4.79 Å². The summed E-state index contributed by atoms with van der Waals surface area (Å²) >= 11 is 8.00. The third kappa shape index (κ3) is 5.86. The molecule has 2 fully saturated rings. The number of aliphatic hydroxyl groups is 2. The maximum absolute atomic E-state index is 13.5. The van der Waals surface area contributed by atoms with E-state index < -0.39 is 35.1 Å². The van der Waals surface area contributed by atoms with Crippen LogP contribution in [0.15, 0.2) is 35.2 Å². The minimum atomic E-state index is -1.60. The Balaban J connectivity index is 1.43. The van der Waals surface area contributed by atoms with Gasteiger partial charge in [0.1, 0.15) is 0 Å². The Morgan fingerprint density at radius 2 is 1.81 bits per heavy atom. The molecule has 196 valence electrons. The molecule has 10 heteroatoms. The number of carbonyl (C=O) groups excluding carboxylic acids is 1. The lowest BCUT2D eigenvalue weighted by atomic mass is 9.74. The highest BCUT2D eigenvalue weighted by atomic mass is 35.5. The van der Waals surface area contributed by atoms with Crippen molar-refractivity contribution in [1.82, 2.24) is 4.90 Å². The van der Waals surface area contributed by atoms with E-state index in [0.29, 0.717) is 23.0 Å². The van der Waals surface area contributed by atoms with Crippen LogP contribution in [0.25, 0.3) is 0 Å². The van der Waals surface area contributed by atoms with Gasteiger partial charge in [-0.1, -0.05) is 11.6 Å². The highest BCUT2D eigenvalue weighted by Gasteiger charge is 2.53. The van der Waals surface area contributed by atoms with E-state index in [-0.39, 0.29) is 28.3 Å². The Bertz CT molecular complexity index is 1100. The Morgan fingerprint density at radius 3 is 2.39 bits per heavy atom. The van der Waals surface area contributed by atoms with Crippen LogP contribution in [0.4, 0.5) is 18.9 Å². The summed E-state index contributed by atoms with van der Waals surface area (Å²) in [6.45, 7) is 2.75. The number of carbonyl (C=O) groups is 1. The molecule has 2 saturated carbocycles. The Kier molecular flexibility index (Phi) is 8.26. The van der Waals surface area contributed by atoms with Gasteiger partial charge in [-0.05, 0) is 69.7 Å². The third-order valence-electron chi connectivity index (χ3n) is 7.20. The summed E-state index contributed by atoms with van der Waals surface area (Å²) in [7, 11) is 1.91. The number of halogens is 4. The second kappa shape index (κ2) is 10.9. The minimum absolute atomic E-state index is 0.138. The summed E-state index contributed by atoms with van der Waals surface area (Å²) in [4.78, 5) is 15.4. The molecule has 4 rings (SSSR count). The number of amides is 1. The molecular formula is C26H30ClF3N2O3S. The van der Waals surface area contributed by atoms with Crippen molar-refractivity contribution in [3.8, 4) is 0 Å². The first-order chi connectivity index (χ1) is 17.0. The molecule has 0 heterocycles. The highest BCUT2D eigenvalue weighted by Crippen LogP contribution is 2.53. The fourth-order valence-electron chi connectivity index (χ4n) is 5.66. The molecule has 2 aliphatic rings. The number of hydrogen-bond donors (Lipinski definition) is 3. The van der Waals surface area contributed by atoms with Crippen molar-refractivity contribution in [1.29, 1.82) is 0 Å². The molecule has 2 aromatic rings. The van der Waals surface area contributed by atoms with E-state index in [1.54, 1.807) is 30.8 Å². The fraction of sp³-hybridized carbons (Fsp3) is 0.500. The molecule has 0 radical (unpaired) electrons. The van der Waals surface area contributed by atoms with Crippen molar-refractivity contribution < 1.29 is 28.2 Å². The molecule has 1 amide bonds. The minimum Gasteiger partial charge on any atom is -0.392 e. The van der Waals surface area contributed by atoms with Gasteiger partial charge >= 0.3 is 0 Å². The summed E-state index contributed by atoms with van der Waals surface area (Å²) in [6, 6.07) is 6.19. The number of aliphatic hydroxyl groups excluding tert-OH is 1. The largest absolute Gasteiger partial charge is 0.392 e. The Morgan fingerprint density at radius 1 is 1.19 bits per heavy atom. The molecule has 0 aromatic heterocycles. The quantitative estimate of drug-likeness (QED) is 0.393. The van der Waals surface area contributed by atoms with E-state index in [4.69, 9.17) is 11.6 Å². The van der Waals surface area contributed by atoms with Gasteiger partial charge in [-0.2, -0.15) is 0 Å².